The lowest BCUT2D eigenvalue weighted by molar-refractivity contribution is 0.0748. The number of ether oxygens (including phenoxy) is 2. The number of rotatable bonds is 3. The minimum atomic E-state index is -0.287. The molecular weight excluding hydrogens is 296 g/mol. The summed E-state index contributed by atoms with van der Waals surface area (Å²) in [5.41, 5.74) is 0.976. The van der Waals surface area contributed by atoms with E-state index in [-0.39, 0.29) is 30.9 Å². The van der Waals surface area contributed by atoms with Gasteiger partial charge in [-0.05, 0) is 25.3 Å². The van der Waals surface area contributed by atoms with E-state index in [0.717, 1.165) is 18.4 Å². The van der Waals surface area contributed by atoms with Crippen LogP contribution in [0.2, 0.25) is 0 Å². The number of carbonyl (C=O) groups excluding carboxylic acids is 2. The lowest BCUT2D eigenvalue weighted by atomic mass is 10.0. The van der Waals surface area contributed by atoms with Crippen molar-refractivity contribution in [3.8, 4) is 0 Å². The molecule has 0 N–H and O–H groups in total. The second-order valence-electron chi connectivity index (χ2n) is 6.11. The molecule has 2 amide bonds. The highest BCUT2D eigenvalue weighted by molar-refractivity contribution is 5.70. The number of piperidine rings is 1. The molecule has 0 aliphatic carbocycles. The summed E-state index contributed by atoms with van der Waals surface area (Å²) in [6, 6.07) is 9.79. The first-order valence-electron chi connectivity index (χ1n) is 8.06. The zero-order valence-electron chi connectivity index (χ0n) is 13.3. The summed E-state index contributed by atoms with van der Waals surface area (Å²) in [6.07, 6.45) is 0.966. The summed E-state index contributed by atoms with van der Waals surface area (Å²) < 4.78 is 10.5. The van der Waals surface area contributed by atoms with E-state index in [1.54, 1.807) is 9.80 Å². The lowest BCUT2D eigenvalue weighted by Crippen LogP contribution is -2.47. The van der Waals surface area contributed by atoms with Crippen molar-refractivity contribution in [3.63, 3.8) is 0 Å². The predicted molar refractivity (Wildman–Crippen MR) is 83.9 cm³/mol. The Morgan fingerprint density at radius 3 is 2.57 bits per heavy atom. The minimum absolute atomic E-state index is 0.0450. The zero-order valence-corrected chi connectivity index (χ0v) is 13.3. The summed E-state index contributed by atoms with van der Waals surface area (Å²) in [7, 11) is 0. The fourth-order valence-electron chi connectivity index (χ4n) is 3.10. The molecule has 6 heteroatoms. The fourth-order valence-corrected chi connectivity index (χ4v) is 3.10. The van der Waals surface area contributed by atoms with Gasteiger partial charge >= 0.3 is 12.2 Å². The molecule has 2 heterocycles. The smallest absolute Gasteiger partial charge is 0.410 e. The zero-order chi connectivity index (χ0) is 16.2. The van der Waals surface area contributed by atoms with E-state index in [1.807, 2.05) is 37.3 Å². The summed E-state index contributed by atoms with van der Waals surface area (Å²) in [5.74, 6) is 0. The molecule has 2 fully saturated rings. The van der Waals surface area contributed by atoms with Crippen molar-refractivity contribution >= 4 is 12.2 Å². The third kappa shape index (κ3) is 3.75. The molecule has 0 spiro atoms. The lowest BCUT2D eigenvalue weighted by Gasteiger charge is -2.35. The molecule has 3 rings (SSSR count). The first-order chi connectivity index (χ1) is 11.1. The van der Waals surface area contributed by atoms with Crippen molar-refractivity contribution in [1.29, 1.82) is 0 Å². The van der Waals surface area contributed by atoms with Crippen LogP contribution in [-0.4, -0.2) is 53.8 Å². The number of benzene rings is 1. The number of hydrogen-bond donors (Lipinski definition) is 0. The van der Waals surface area contributed by atoms with Crippen LogP contribution in [-0.2, 0) is 16.1 Å². The van der Waals surface area contributed by atoms with Crippen LogP contribution >= 0.6 is 0 Å². The summed E-state index contributed by atoms with van der Waals surface area (Å²) in [5, 5.41) is 0. The molecule has 0 bridgehead atoms. The van der Waals surface area contributed by atoms with Crippen molar-refractivity contribution in [1.82, 2.24) is 9.80 Å². The fraction of sp³-hybridized carbons (Fsp3) is 0.529. The summed E-state index contributed by atoms with van der Waals surface area (Å²) in [6.45, 7) is 4.04. The van der Waals surface area contributed by atoms with E-state index < -0.39 is 0 Å². The quantitative estimate of drug-likeness (QED) is 0.859. The highest BCUT2D eigenvalue weighted by Gasteiger charge is 2.36. The van der Waals surface area contributed by atoms with Crippen LogP contribution in [0.15, 0.2) is 30.3 Å². The maximum Gasteiger partial charge on any atom is 0.410 e. The predicted octanol–water partition coefficient (Wildman–Crippen LogP) is 2.63. The van der Waals surface area contributed by atoms with Crippen LogP contribution < -0.4 is 0 Å². The average Bonchev–Trinajstić information content (AvgIpc) is 2.92. The van der Waals surface area contributed by atoms with E-state index >= 15 is 0 Å². The molecule has 0 saturated carbocycles. The number of nitrogens with zero attached hydrogens (tertiary/aromatic N) is 2. The van der Waals surface area contributed by atoms with Crippen LogP contribution in [0.3, 0.4) is 0 Å². The Kier molecular flexibility index (Phi) is 4.69. The Morgan fingerprint density at radius 2 is 1.96 bits per heavy atom. The second kappa shape index (κ2) is 6.89. The molecule has 0 radical (unpaired) electrons. The maximum absolute atomic E-state index is 12.1. The van der Waals surface area contributed by atoms with Crippen molar-refractivity contribution in [2.75, 3.05) is 19.6 Å². The van der Waals surface area contributed by atoms with Gasteiger partial charge < -0.3 is 19.3 Å². The van der Waals surface area contributed by atoms with Crippen LogP contribution in [0.4, 0.5) is 9.59 Å². The number of hydrogen-bond acceptors (Lipinski definition) is 4. The van der Waals surface area contributed by atoms with Gasteiger partial charge in [-0.15, -0.1) is 0 Å². The van der Waals surface area contributed by atoms with Gasteiger partial charge in [0.2, 0.25) is 0 Å². The third-order valence-corrected chi connectivity index (χ3v) is 4.36. The molecule has 1 aromatic rings. The van der Waals surface area contributed by atoms with Gasteiger partial charge in [-0.25, -0.2) is 9.59 Å². The van der Waals surface area contributed by atoms with Gasteiger partial charge in [-0.2, -0.15) is 0 Å². The number of cyclic esters (lactones) is 1. The van der Waals surface area contributed by atoms with Crippen LogP contribution in [0.1, 0.15) is 25.3 Å². The Bertz CT molecular complexity index is 555. The number of amides is 2. The topological polar surface area (TPSA) is 59.1 Å². The number of likely N-dealkylation sites (tertiary alicyclic amines) is 1. The molecular formula is C17H22N2O4. The van der Waals surface area contributed by atoms with Gasteiger partial charge in [0.1, 0.15) is 12.7 Å². The molecule has 2 saturated heterocycles. The van der Waals surface area contributed by atoms with Crippen molar-refractivity contribution < 1.29 is 19.1 Å². The standard InChI is InChI=1S/C17H22N2O4/c1-13-11-19(17(21)23-13)15-7-9-18(10-8-15)16(20)22-12-14-5-3-2-4-6-14/h2-6,13,15H,7-12H2,1H3/t13-/m0/s1. The Labute approximate surface area is 136 Å². The molecule has 1 aromatic carbocycles. The molecule has 2 aliphatic heterocycles. The van der Waals surface area contributed by atoms with Crippen molar-refractivity contribution in [3.05, 3.63) is 35.9 Å². The van der Waals surface area contributed by atoms with Crippen LogP contribution in [0.5, 0.6) is 0 Å². The SMILES string of the molecule is C[C@H]1CN(C2CCN(C(=O)OCc3ccccc3)CC2)C(=O)O1. The highest BCUT2D eigenvalue weighted by Crippen LogP contribution is 2.22. The molecule has 124 valence electrons. The largest absolute Gasteiger partial charge is 0.445 e. The third-order valence-electron chi connectivity index (χ3n) is 4.36. The summed E-state index contributed by atoms with van der Waals surface area (Å²) >= 11 is 0. The monoisotopic (exact) mass is 318 g/mol. The van der Waals surface area contributed by atoms with Gasteiger partial charge in [0.05, 0.1) is 6.54 Å². The van der Waals surface area contributed by atoms with Gasteiger partial charge in [-0.1, -0.05) is 30.3 Å². The Morgan fingerprint density at radius 1 is 1.26 bits per heavy atom. The van der Waals surface area contributed by atoms with Crippen molar-refractivity contribution in [2.24, 2.45) is 0 Å². The maximum atomic E-state index is 12.1. The molecule has 23 heavy (non-hydrogen) atoms. The van der Waals surface area contributed by atoms with E-state index in [9.17, 15) is 9.59 Å². The first kappa shape index (κ1) is 15.6. The van der Waals surface area contributed by atoms with Gasteiger partial charge in [-0.3, -0.25) is 0 Å². The van der Waals surface area contributed by atoms with Gasteiger partial charge in [0, 0.05) is 19.1 Å². The van der Waals surface area contributed by atoms with E-state index in [1.165, 1.54) is 0 Å². The van der Waals surface area contributed by atoms with E-state index in [4.69, 9.17) is 9.47 Å². The van der Waals surface area contributed by atoms with Crippen molar-refractivity contribution in [2.45, 2.75) is 38.5 Å². The molecule has 0 aromatic heterocycles. The normalized spacial score (nSPS) is 22.1. The summed E-state index contributed by atoms with van der Waals surface area (Å²) in [4.78, 5) is 27.4. The second-order valence-corrected chi connectivity index (χ2v) is 6.11. The van der Waals surface area contributed by atoms with E-state index in [0.29, 0.717) is 19.6 Å². The van der Waals surface area contributed by atoms with Gasteiger partial charge in [0.15, 0.2) is 0 Å². The molecule has 6 nitrogen and oxygen atoms in total. The van der Waals surface area contributed by atoms with Crippen LogP contribution in [0, 0.1) is 0 Å². The minimum Gasteiger partial charge on any atom is -0.445 e. The van der Waals surface area contributed by atoms with Crippen LogP contribution in [0.25, 0.3) is 0 Å². The molecule has 1 atom stereocenters. The number of carbonyl (C=O) groups is 2. The van der Waals surface area contributed by atoms with Gasteiger partial charge in [0.25, 0.3) is 0 Å². The Balaban J connectivity index is 1.45. The van der Waals surface area contributed by atoms with E-state index in [2.05, 4.69) is 0 Å². The highest BCUT2D eigenvalue weighted by atomic mass is 16.6. The molecule has 0 unspecified atom stereocenters. The average molecular weight is 318 g/mol. The molecule has 2 aliphatic rings. The Hall–Kier alpha value is -2.24. The first-order valence-corrected chi connectivity index (χ1v) is 8.06.